The van der Waals surface area contributed by atoms with Gasteiger partial charge in [-0.05, 0) is 28.2 Å². The van der Waals surface area contributed by atoms with Crippen LogP contribution in [0.3, 0.4) is 0 Å². The van der Waals surface area contributed by atoms with Crippen LogP contribution >= 0.6 is 22.6 Å². The van der Waals surface area contributed by atoms with Gasteiger partial charge in [0.2, 0.25) is 11.8 Å². The number of hydrogen-bond donors (Lipinski definition) is 1. The van der Waals surface area contributed by atoms with Crippen molar-refractivity contribution in [2.24, 2.45) is 0 Å². The fraction of sp³-hybridized carbons (Fsp3) is 0.583. The molecule has 9 nitrogen and oxygen atoms in total. The molecule has 2 heterocycles. The molecule has 2 unspecified atom stereocenters. The molecule has 1 saturated heterocycles. The van der Waals surface area contributed by atoms with Crippen molar-refractivity contribution in [1.29, 1.82) is 0 Å². The first-order valence-corrected chi connectivity index (χ1v) is 10.8. The maximum absolute atomic E-state index is 12.2. The van der Waals surface area contributed by atoms with Crippen LogP contribution < -0.4 is 69.5 Å². The molecule has 3 atom stereocenters. The van der Waals surface area contributed by atoms with Gasteiger partial charge in [0.1, 0.15) is 20.6 Å². The maximum Gasteiger partial charge on any atom is 1.00 e. The quantitative estimate of drug-likeness (QED) is 0.176. The predicted octanol–water partition coefficient (Wildman–Crippen LogP) is -7.61. The molecule has 0 aromatic carbocycles. The second kappa shape index (κ2) is 11.1. The molecule has 0 aliphatic carbocycles. The Balaban J connectivity index is 0.00000312. The monoisotopic (exact) mass is 440 g/mol. The van der Waals surface area contributed by atoms with Crippen LogP contribution in [0.1, 0.15) is 19.8 Å². The van der Waals surface area contributed by atoms with Gasteiger partial charge in [-0.2, -0.15) is 0 Å². The number of nitrogens with zero attached hydrogens (tertiary/aromatic N) is 1. The van der Waals surface area contributed by atoms with Crippen LogP contribution in [0.15, 0.2) is 11.0 Å². The van der Waals surface area contributed by atoms with Gasteiger partial charge >= 0.3 is 59.1 Å². The first kappa shape index (κ1) is 26.8. The van der Waals surface area contributed by atoms with Crippen molar-refractivity contribution in [2.45, 2.75) is 37.2 Å². The molecule has 2 rings (SSSR count). The van der Waals surface area contributed by atoms with Crippen molar-refractivity contribution >= 4 is 49.5 Å². The first-order valence-electron chi connectivity index (χ1n) is 6.92. The van der Waals surface area contributed by atoms with E-state index >= 15 is 0 Å². The SMILES string of the molecule is CCCC(=O)NC1C(=O)N2C(C(=O)[O-])C(CSS(=O)(=O)[O-])=CS[C@H]12.[Na+].[Na+]. The van der Waals surface area contributed by atoms with Gasteiger partial charge in [0, 0.05) is 12.2 Å². The van der Waals surface area contributed by atoms with E-state index in [0.29, 0.717) is 6.42 Å². The van der Waals surface area contributed by atoms with Crippen LogP contribution in [0, 0.1) is 0 Å². The summed E-state index contributed by atoms with van der Waals surface area (Å²) >= 11 is 1.09. The number of carbonyl (C=O) groups excluding carboxylic acids is 3. The summed E-state index contributed by atoms with van der Waals surface area (Å²) in [6, 6.07) is -2.28. The number of carboxylic acids is 1. The Morgan fingerprint density at radius 1 is 1.38 bits per heavy atom. The summed E-state index contributed by atoms with van der Waals surface area (Å²) in [5.74, 6) is -2.82. The molecule has 1 fully saturated rings. The minimum Gasteiger partial charge on any atom is -0.739 e. The van der Waals surface area contributed by atoms with Crippen molar-refractivity contribution in [2.75, 3.05) is 5.75 Å². The number of carbonyl (C=O) groups is 3. The van der Waals surface area contributed by atoms with E-state index in [0.717, 1.165) is 16.7 Å². The van der Waals surface area contributed by atoms with Gasteiger partial charge in [-0.25, -0.2) is 8.42 Å². The maximum atomic E-state index is 12.2. The molecular weight excluding hydrogens is 426 g/mol. The van der Waals surface area contributed by atoms with Crippen LogP contribution in [-0.4, -0.2) is 58.9 Å². The number of aliphatic carboxylic acids is 1. The molecule has 0 bridgehead atoms. The number of carboxylic acid groups (broad SMARTS) is 1. The largest absolute Gasteiger partial charge is 1.00 e. The number of β-lactam (4-membered cyclic amide) rings is 1. The fourth-order valence-corrected chi connectivity index (χ4v) is 5.12. The Bertz CT molecular complexity index is 701. The van der Waals surface area contributed by atoms with E-state index in [1.807, 2.05) is 6.92 Å². The van der Waals surface area contributed by atoms with Crippen LogP contribution in [0.4, 0.5) is 0 Å². The zero-order valence-electron chi connectivity index (χ0n) is 14.5. The van der Waals surface area contributed by atoms with Gasteiger partial charge in [0.25, 0.3) is 0 Å². The Hall–Kier alpha value is 0.760. The van der Waals surface area contributed by atoms with Crippen molar-refractivity contribution in [1.82, 2.24) is 10.2 Å². The molecule has 0 saturated carbocycles. The molecule has 0 aromatic rings. The second-order valence-electron chi connectivity index (χ2n) is 5.15. The molecule has 0 radical (unpaired) electrons. The molecule has 2 aliphatic heterocycles. The summed E-state index contributed by atoms with van der Waals surface area (Å²) in [5, 5.41) is 14.7. The molecule has 134 valence electrons. The smallest absolute Gasteiger partial charge is 0.739 e. The predicted molar refractivity (Wildman–Crippen MR) is 84.1 cm³/mol. The van der Waals surface area contributed by atoms with Crippen molar-refractivity contribution in [3.63, 3.8) is 0 Å². The number of fused-ring (bicyclic) bond motifs is 1. The fourth-order valence-electron chi connectivity index (χ4n) is 2.43. The number of thioether (sulfide) groups is 1. The standard InChI is InChI=1S/C12H16N2O7S3.2Na/c1-2-3-7(15)13-8-10(16)14-9(12(17)18)6(4-22-11(8)14)5-23-24(19,20)21;;/h4,8-9,11H,2-3,5H2,1H3,(H,13,15)(H,17,18)(H,19,20,21);;/q;2*+1/p-2/t8?,9?,11-;;/m1../s1. The Kier molecular flexibility index (Phi) is 11.4. The van der Waals surface area contributed by atoms with Crippen LogP contribution in [-0.2, 0) is 23.5 Å². The van der Waals surface area contributed by atoms with E-state index in [4.69, 9.17) is 0 Å². The number of rotatable bonds is 7. The van der Waals surface area contributed by atoms with Crippen LogP contribution in [0.2, 0.25) is 0 Å². The zero-order valence-corrected chi connectivity index (χ0v) is 20.9. The van der Waals surface area contributed by atoms with Crippen molar-refractivity contribution < 1.29 is 91.6 Å². The molecule has 26 heavy (non-hydrogen) atoms. The third-order valence-electron chi connectivity index (χ3n) is 3.45. The molecular formula is C12H14N2Na2O7S3. The Morgan fingerprint density at radius 3 is 2.50 bits per heavy atom. The minimum atomic E-state index is -4.59. The van der Waals surface area contributed by atoms with E-state index in [9.17, 15) is 32.5 Å². The van der Waals surface area contributed by atoms with E-state index in [1.54, 1.807) is 0 Å². The zero-order chi connectivity index (χ0) is 18.1. The number of nitrogens with one attached hydrogen (secondary N) is 1. The van der Waals surface area contributed by atoms with Gasteiger partial charge in [-0.1, -0.05) is 6.92 Å². The van der Waals surface area contributed by atoms with Gasteiger partial charge in [0.05, 0.1) is 12.0 Å². The second-order valence-corrected chi connectivity index (χ2v) is 9.42. The molecule has 14 heteroatoms. The van der Waals surface area contributed by atoms with E-state index in [2.05, 4.69) is 5.32 Å². The average Bonchev–Trinajstić information content (AvgIpc) is 2.48. The third-order valence-corrected chi connectivity index (χ3v) is 6.63. The summed E-state index contributed by atoms with van der Waals surface area (Å²) in [4.78, 5) is 36.2. The minimum absolute atomic E-state index is 0. The first-order chi connectivity index (χ1) is 11.2. The Labute approximate surface area is 203 Å². The van der Waals surface area contributed by atoms with Gasteiger partial charge in [-0.15, -0.1) is 11.8 Å². The van der Waals surface area contributed by atoms with Gasteiger partial charge < -0.3 is 24.7 Å². The summed E-state index contributed by atoms with van der Waals surface area (Å²) in [6.07, 6.45) is 0.866. The molecule has 2 aliphatic rings. The molecule has 1 N–H and O–H groups in total. The van der Waals surface area contributed by atoms with E-state index in [1.165, 1.54) is 5.41 Å². The van der Waals surface area contributed by atoms with Crippen molar-refractivity contribution in [3.8, 4) is 0 Å². The third kappa shape index (κ3) is 6.39. The topological polar surface area (TPSA) is 147 Å². The van der Waals surface area contributed by atoms with Crippen molar-refractivity contribution in [3.05, 3.63) is 11.0 Å². The van der Waals surface area contributed by atoms with Crippen LogP contribution in [0.5, 0.6) is 0 Å². The van der Waals surface area contributed by atoms with E-state index < -0.39 is 38.5 Å². The summed E-state index contributed by atoms with van der Waals surface area (Å²) in [5.41, 5.74) is 0.0901. The summed E-state index contributed by atoms with van der Waals surface area (Å²) < 4.78 is 32.1. The Morgan fingerprint density at radius 2 is 2.00 bits per heavy atom. The number of hydrogen-bond acceptors (Lipinski definition) is 9. The van der Waals surface area contributed by atoms with Crippen LogP contribution in [0.25, 0.3) is 0 Å². The van der Waals surface area contributed by atoms with E-state index in [-0.39, 0.29) is 93.6 Å². The summed E-state index contributed by atoms with van der Waals surface area (Å²) in [7, 11) is -4.55. The molecule has 0 aromatic heterocycles. The molecule has 0 spiro atoms. The van der Waals surface area contributed by atoms with Gasteiger partial charge in [0.15, 0.2) is 0 Å². The summed E-state index contributed by atoms with van der Waals surface area (Å²) in [6.45, 7) is 1.81. The van der Waals surface area contributed by atoms with Gasteiger partial charge in [-0.3, -0.25) is 9.59 Å². The number of amides is 2. The normalized spacial score (nSPS) is 24.2. The molecule has 2 amide bonds. The average molecular weight is 440 g/mol.